The van der Waals surface area contributed by atoms with Gasteiger partial charge < -0.3 is 10.1 Å². The molecular weight excluding hydrogens is 424 g/mol. The number of fused-ring (bicyclic) bond motifs is 2. The summed E-state index contributed by atoms with van der Waals surface area (Å²) in [5, 5.41) is 3.60. The van der Waals surface area contributed by atoms with E-state index in [2.05, 4.69) is 10.3 Å². The van der Waals surface area contributed by atoms with Crippen molar-refractivity contribution >= 4 is 61.5 Å². The molecule has 5 nitrogen and oxygen atoms in total. The summed E-state index contributed by atoms with van der Waals surface area (Å²) in [4.78, 5) is 31.0. The number of aromatic nitrogens is 1. The third-order valence-corrected chi connectivity index (χ3v) is 8.14. The van der Waals surface area contributed by atoms with Crippen LogP contribution >= 0.6 is 34.4 Å². The summed E-state index contributed by atoms with van der Waals surface area (Å²) in [6.45, 7) is 2.13. The van der Waals surface area contributed by atoms with Crippen LogP contribution in [0.15, 0.2) is 28.6 Å². The largest absolute Gasteiger partial charge is 0.462 e. The van der Waals surface area contributed by atoms with Crippen LogP contribution in [0.2, 0.25) is 0 Å². The van der Waals surface area contributed by atoms with Crippen LogP contribution in [-0.2, 0) is 22.4 Å². The van der Waals surface area contributed by atoms with E-state index in [9.17, 15) is 9.59 Å². The Bertz CT molecular complexity index is 1010. The molecular formula is C21H22N2O3S3. The molecule has 29 heavy (non-hydrogen) atoms. The first-order valence-electron chi connectivity index (χ1n) is 9.75. The molecule has 8 heteroatoms. The fourth-order valence-corrected chi connectivity index (χ4v) is 6.61. The number of para-hydroxylation sites is 1. The lowest BCUT2D eigenvalue weighted by Gasteiger charge is -2.08. The van der Waals surface area contributed by atoms with Gasteiger partial charge in [-0.2, -0.15) is 0 Å². The molecule has 1 N–H and O–H groups in total. The van der Waals surface area contributed by atoms with E-state index >= 15 is 0 Å². The summed E-state index contributed by atoms with van der Waals surface area (Å²) in [6.07, 6.45) is 5.19. The minimum absolute atomic E-state index is 0.129. The van der Waals surface area contributed by atoms with Crippen LogP contribution in [-0.4, -0.2) is 29.2 Å². The topological polar surface area (TPSA) is 68.3 Å². The number of carbonyl (C=O) groups is 2. The number of carbonyl (C=O) groups excluding carboxylic acids is 2. The van der Waals surface area contributed by atoms with Crippen molar-refractivity contribution in [3.05, 3.63) is 40.3 Å². The predicted molar refractivity (Wildman–Crippen MR) is 121 cm³/mol. The van der Waals surface area contributed by atoms with Gasteiger partial charge in [0.15, 0.2) is 4.34 Å². The van der Waals surface area contributed by atoms with E-state index in [4.69, 9.17) is 4.74 Å². The lowest BCUT2D eigenvalue weighted by atomic mass is 10.1. The molecule has 4 rings (SSSR count). The number of thioether (sulfide) groups is 1. The van der Waals surface area contributed by atoms with Gasteiger partial charge >= 0.3 is 5.97 Å². The fourth-order valence-electron chi connectivity index (χ4n) is 3.45. The molecule has 0 bridgehead atoms. The molecule has 1 aliphatic rings. The number of benzene rings is 1. The molecule has 1 amide bonds. The normalized spacial score (nSPS) is 13.7. The van der Waals surface area contributed by atoms with Crippen molar-refractivity contribution < 1.29 is 14.3 Å². The van der Waals surface area contributed by atoms with Gasteiger partial charge in [-0.3, -0.25) is 4.79 Å². The van der Waals surface area contributed by atoms with Crippen LogP contribution < -0.4 is 5.32 Å². The van der Waals surface area contributed by atoms with E-state index in [1.165, 1.54) is 34.4 Å². The van der Waals surface area contributed by atoms with Crippen LogP contribution in [0.5, 0.6) is 0 Å². The Morgan fingerprint density at radius 2 is 2.00 bits per heavy atom. The summed E-state index contributed by atoms with van der Waals surface area (Å²) in [5.74, 6) is -0.206. The predicted octanol–water partition coefficient (Wildman–Crippen LogP) is 5.53. The van der Waals surface area contributed by atoms with Gasteiger partial charge in [0, 0.05) is 4.88 Å². The second kappa shape index (κ2) is 9.28. The molecule has 0 unspecified atom stereocenters. The molecule has 0 saturated heterocycles. The summed E-state index contributed by atoms with van der Waals surface area (Å²) in [7, 11) is 0. The number of thiazole rings is 1. The van der Waals surface area contributed by atoms with Crippen LogP contribution in [0.3, 0.4) is 0 Å². The first kappa shape index (κ1) is 20.4. The van der Waals surface area contributed by atoms with Crippen LogP contribution in [0.4, 0.5) is 5.00 Å². The number of anilines is 1. The number of aryl methyl sites for hydroxylation is 1. The number of ether oxygens (including phenoxy) is 1. The minimum atomic E-state index is -0.332. The van der Waals surface area contributed by atoms with Crippen molar-refractivity contribution in [2.24, 2.45) is 0 Å². The van der Waals surface area contributed by atoms with E-state index in [1.54, 1.807) is 18.3 Å². The zero-order valence-corrected chi connectivity index (χ0v) is 18.6. The second-order valence-corrected chi connectivity index (χ2v) is 10.1. The first-order chi connectivity index (χ1) is 14.2. The third kappa shape index (κ3) is 4.65. The molecule has 2 aromatic heterocycles. The van der Waals surface area contributed by atoms with Gasteiger partial charge in [0.25, 0.3) is 0 Å². The van der Waals surface area contributed by atoms with Crippen LogP contribution in [0, 0.1) is 0 Å². The Labute approximate surface area is 181 Å². The van der Waals surface area contributed by atoms with E-state index in [0.717, 1.165) is 45.8 Å². The van der Waals surface area contributed by atoms with Crippen molar-refractivity contribution in [2.75, 3.05) is 17.7 Å². The van der Waals surface area contributed by atoms with Gasteiger partial charge in [-0.05, 0) is 50.3 Å². The molecule has 0 saturated carbocycles. The molecule has 0 fully saturated rings. The summed E-state index contributed by atoms with van der Waals surface area (Å²) in [6, 6.07) is 7.95. The maximum Gasteiger partial charge on any atom is 0.341 e. The number of nitrogens with zero attached hydrogens (tertiary/aromatic N) is 1. The van der Waals surface area contributed by atoms with Crippen molar-refractivity contribution in [3.63, 3.8) is 0 Å². The summed E-state index contributed by atoms with van der Waals surface area (Å²) >= 11 is 4.53. The monoisotopic (exact) mass is 446 g/mol. The van der Waals surface area contributed by atoms with Gasteiger partial charge in [-0.15, -0.1) is 22.7 Å². The molecule has 0 spiro atoms. The highest BCUT2D eigenvalue weighted by atomic mass is 32.2. The number of esters is 1. The standard InChI is InChI=1S/C21H22N2O3S3/c1-2-26-20(25)18-13-8-4-3-5-10-15(13)28-19(18)23-17(24)12-27-21-22-14-9-6-7-11-16(14)29-21/h6-7,9,11H,2-5,8,10,12H2,1H3,(H,23,24). The Morgan fingerprint density at radius 1 is 1.17 bits per heavy atom. The number of thiophene rings is 1. The summed E-state index contributed by atoms with van der Waals surface area (Å²) in [5.41, 5.74) is 2.58. The van der Waals surface area contributed by atoms with E-state index in [-0.39, 0.29) is 17.6 Å². The van der Waals surface area contributed by atoms with Crippen LogP contribution in [0.25, 0.3) is 10.2 Å². The molecule has 1 aromatic carbocycles. The second-order valence-electron chi connectivity index (χ2n) is 6.77. The van der Waals surface area contributed by atoms with E-state index in [0.29, 0.717) is 17.2 Å². The van der Waals surface area contributed by atoms with E-state index < -0.39 is 0 Å². The molecule has 2 heterocycles. The third-order valence-electron chi connectivity index (χ3n) is 4.75. The first-order valence-corrected chi connectivity index (χ1v) is 12.4. The van der Waals surface area contributed by atoms with Crippen molar-refractivity contribution in [1.29, 1.82) is 0 Å². The zero-order chi connectivity index (χ0) is 20.2. The van der Waals surface area contributed by atoms with E-state index in [1.807, 2.05) is 24.3 Å². The van der Waals surface area contributed by atoms with Crippen molar-refractivity contribution in [3.8, 4) is 0 Å². The number of hydrogen-bond donors (Lipinski definition) is 1. The Hall–Kier alpha value is -1.90. The molecule has 0 aliphatic heterocycles. The lowest BCUT2D eigenvalue weighted by Crippen LogP contribution is -2.16. The lowest BCUT2D eigenvalue weighted by molar-refractivity contribution is -0.113. The SMILES string of the molecule is CCOC(=O)c1c(NC(=O)CSc2nc3ccccc3s2)sc2c1CCCCC2. The zero-order valence-electron chi connectivity index (χ0n) is 16.2. The number of rotatable bonds is 6. The van der Waals surface area contributed by atoms with Crippen molar-refractivity contribution in [2.45, 2.75) is 43.4 Å². The molecule has 1 aliphatic carbocycles. The highest BCUT2D eigenvalue weighted by Crippen LogP contribution is 2.38. The smallest absolute Gasteiger partial charge is 0.341 e. The highest BCUT2D eigenvalue weighted by Gasteiger charge is 2.26. The fraction of sp³-hybridized carbons (Fsp3) is 0.381. The quantitative estimate of drug-likeness (QED) is 0.306. The Balaban J connectivity index is 1.48. The minimum Gasteiger partial charge on any atom is -0.462 e. The molecule has 0 radical (unpaired) electrons. The number of nitrogens with one attached hydrogen (secondary N) is 1. The van der Waals surface area contributed by atoms with Gasteiger partial charge in [-0.25, -0.2) is 9.78 Å². The molecule has 0 atom stereocenters. The maximum atomic E-state index is 12.6. The Morgan fingerprint density at radius 3 is 2.83 bits per heavy atom. The van der Waals surface area contributed by atoms with Gasteiger partial charge in [0.2, 0.25) is 5.91 Å². The number of hydrogen-bond acceptors (Lipinski definition) is 7. The van der Waals surface area contributed by atoms with Crippen molar-refractivity contribution in [1.82, 2.24) is 4.98 Å². The highest BCUT2D eigenvalue weighted by molar-refractivity contribution is 8.01. The molecule has 3 aromatic rings. The average molecular weight is 447 g/mol. The number of amides is 1. The van der Waals surface area contributed by atoms with Gasteiger partial charge in [0.1, 0.15) is 5.00 Å². The summed E-state index contributed by atoms with van der Waals surface area (Å²) < 4.78 is 7.26. The molecule has 152 valence electrons. The average Bonchev–Trinajstić information content (AvgIpc) is 3.20. The van der Waals surface area contributed by atoms with Gasteiger partial charge in [0.05, 0.1) is 28.1 Å². The van der Waals surface area contributed by atoms with Crippen LogP contribution in [0.1, 0.15) is 47.0 Å². The Kier molecular flexibility index (Phi) is 6.52. The maximum absolute atomic E-state index is 12.6. The van der Waals surface area contributed by atoms with Gasteiger partial charge in [-0.1, -0.05) is 30.3 Å².